The van der Waals surface area contributed by atoms with Crippen molar-refractivity contribution in [1.29, 1.82) is 0 Å². The van der Waals surface area contributed by atoms with Crippen molar-refractivity contribution in [1.82, 2.24) is 20.4 Å². The minimum absolute atomic E-state index is 0.214. The predicted molar refractivity (Wildman–Crippen MR) is 75.4 cm³/mol. The molecule has 2 aromatic heterocycles. The van der Waals surface area contributed by atoms with Gasteiger partial charge in [0.1, 0.15) is 17.4 Å². The van der Waals surface area contributed by atoms with E-state index in [9.17, 15) is 4.79 Å². The minimum atomic E-state index is -0.257. The van der Waals surface area contributed by atoms with Crippen molar-refractivity contribution < 1.29 is 9.32 Å². The highest BCUT2D eigenvalue weighted by molar-refractivity contribution is 5.93. The summed E-state index contributed by atoms with van der Waals surface area (Å²) < 4.78 is 5.30. The van der Waals surface area contributed by atoms with Crippen LogP contribution in [0, 0.1) is 0 Å². The molecule has 0 aromatic carbocycles. The highest BCUT2D eigenvalue weighted by Gasteiger charge is 2.22. The molecule has 3 N–H and O–H groups in total. The Labute approximate surface area is 121 Å². The van der Waals surface area contributed by atoms with E-state index in [1.165, 1.54) is 0 Å². The third-order valence-corrected chi connectivity index (χ3v) is 3.55. The van der Waals surface area contributed by atoms with Crippen LogP contribution in [0.4, 0.5) is 5.82 Å². The molecule has 0 aliphatic heterocycles. The van der Waals surface area contributed by atoms with Gasteiger partial charge in [0.05, 0.1) is 6.54 Å². The molecular weight excluding hydrogens is 270 g/mol. The number of nitrogens with one attached hydrogen (secondary N) is 1. The van der Waals surface area contributed by atoms with Gasteiger partial charge in [-0.05, 0) is 25.3 Å². The molecular formula is C14H17N5O2. The summed E-state index contributed by atoms with van der Waals surface area (Å²) >= 11 is 0. The summed E-state index contributed by atoms with van der Waals surface area (Å²) in [4.78, 5) is 20.3. The quantitative estimate of drug-likeness (QED) is 0.823. The van der Waals surface area contributed by atoms with Gasteiger partial charge in [0.25, 0.3) is 5.91 Å². The van der Waals surface area contributed by atoms with Crippen LogP contribution in [-0.4, -0.2) is 21.0 Å². The minimum Gasteiger partial charge on any atom is -0.384 e. The van der Waals surface area contributed by atoms with Crippen LogP contribution in [0.1, 0.15) is 46.9 Å². The number of carbonyl (C=O) groups excluding carboxylic acids is 1. The molecule has 7 heteroatoms. The Morgan fingerprint density at radius 3 is 3.05 bits per heavy atom. The van der Waals surface area contributed by atoms with Crippen LogP contribution in [0.2, 0.25) is 0 Å². The van der Waals surface area contributed by atoms with Gasteiger partial charge in [0.2, 0.25) is 0 Å². The zero-order valence-corrected chi connectivity index (χ0v) is 11.6. The molecule has 0 atom stereocenters. The summed E-state index contributed by atoms with van der Waals surface area (Å²) in [5.74, 6) is 1.44. The Balaban J connectivity index is 1.70. The Morgan fingerprint density at radius 1 is 1.33 bits per heavy atom. The number of nitrogens with two attached hydrogens (primary N) is 1. The van der Waals surface area contributed by atoms with Crippen LogP contribution < -0.4 is 11.1 Å². The highest BCUT2D eigenvalue weighted by Crippen LogP contribution is 2.23. The smallest absolute Gasteiger partial charge is 0.274 e. The van der Waals surface area contributed by atoms with Crippen molar-refractivity contribution in [2.24, 2.45) is 0 Å². The molecule has 0 radical (unpaired) electrons. The molecule has 0 spiro atoms. The van der Waals surface area contributed by atoms with Gasteiger partial charge in [-0.3, -0.25) is 4.79 Å². The lowest BCUT2D eigenvalue weighted by molar-refractivity contribution is 0.0940. The normalized spacial score (nSPS) is 14.3. The first-order chi connectivity index (χ1) is 10.2. The van der Waals surface area contributed by atoms with E-state index in [4.69, 9.17) is 10.3 Å². The number of carbonyl (C=O) groups is 1. The van der Waals surface area contributed by atoms with Gasteiger partial charge in [-0.25, -0.2) is 9.97 Å². The van der Waals surface area contributed by atoms with Crippen LogP contribution in [0.5, 0.6) is 0 Å². The maximum atomic E-state index is 12.2. The Hall–Kier alpha value is -2.44. The van der Waals surface area contributed by atoms with E-state index >= 15 is 0 Å². The second kappa shape index (κ2) is 5.90. The summed E-state index contributed by atoms with van der Waals surface area (Å²) in [6.45, 7) is 0.214. The summed E-state index contributed by atoms with van der Waals surface area (Å²) in [6.07, 6.45) is 6.56. The van der Waals surface area contributed by atoms with Gasteiger partial charge in [-0.15, -0.1) is 0 Å². The topological polar surface area (TPSA) is 107 Å². The molecule has 0 saturated heterocycles. The van der Waals surface area contributed by atoms with E-state index < -0.39 is 0 Å². The van der Waals surface area contributed by atoms with E-state index in [2.05, 4.69) is 20.4 Å². The molecule has 1 amide bonds. The van der Waals surface area contributed by atoms with E-state index in [1.807, 2.05) is 0 Å². The zero-order chi connectivity index (χ0) is 14.7. The van der Waals surface area contributed by atoms with Crippen LogP contribution in [0.3, 0.4) is 0 Å². The number of hydrogen-bond acceptors (Lipinski definition) is 6. The number of nitrogens with zero attached hydrogens (tertiary/aromatic N) is 3. The fraction of sp³-hybridized carbons (Fsp3) is 0.429. The van der Waals surface area contributed by atoms with Crippen LogP contribution in [-0.2, 0) is 19.4 Å². The maximum absolute atomic E-state index is 12.2. The number of aryl methyl sites for hydroxylation is 1. The van der Waals surface area contributed by atoms with E-state index in [1.54, 1.807) is 12.3 Å². The van der Waals surface area contributed by atoms with Crippen molar-refractivity contribution >= 4 is 11.7 Å². The number of aromatic nitrogens is 3. The number of hydrogen-bond donors (Lipinski definition) is 2. The summed E-state index contributed by atoms with van der Waals surface area (Å²) in [6, 6.07) is 1.60. The van der Waals surface area contributed by atoms with Crippen LogP contribution >= 0.6 is 0 Å². The molecule has 110 valence electrons. The lowest BCUT2D eigenvalue weighted by atomic mass is 10.1. The Bertz CT molecular complexity index is 653. The van der Waals surface area contributed by atoms with Crippen molar-refractivity contribution in [3.63, 3.8) is 0 Å². The van der Waals surface area contributed by atoms with Gasteiger partial charge in [0, 0.05) is 18.2 Å². The van der Waals surface area contributed by atoms with Gasteiger partial charge in [-0.2, -0.15) is 0 Å². The van der Waals surface area contributed by atoms with E-state index in [0.717, 1.165) is 43.4 Å². The molecule has 2 aromatic rings. The third kappa shape index (κ3) is 3.01. The molecule has 7 nitrogen and oxygen atoms in total. The SMILES string of the molecule is Nc1ccnc(CNC(=O)c2noc3c2CCCCC3)n1. The summed E-state index contributed by atoms with van der Waals surface area (Å²) in [7, 11) is 0. The molecule has 21 heavy (non-hydrogen) atoms. The maximum Gasteiger partial charge on any atom is 0.274 e. The van der Waals surface area contributed by atoms with Gasteiger partial charge < -0.3 is 15.6 Å². The van der Waals surface area contributed by atoms with Crippen LogP contribution in [0.15, 0.2) is 16.8 Å². The molecule has 0 bridgehead atoms. The van der Waals surface area contributed by atoms with Gasteiger partial charge in [0.15, 0.2) is 5.69 Å². The molecule has 2 heterocycles. The van der Waals surface area contributed by atoms with Crippen LogP contribution in [0.25, 0.3) is 0 Å². The van der Waals surface area contributed by atoms with Crippen molar-refractivity contribution in [2.75, 3.05) is 5.73 Å². The number of amides is 1. The summed E-state index contributed by atoms with van der Waals surface area (Å²) in [5.41, 5.74) is 6.90. The van der Waals surface area contributed by atoms with E-state index in [0.29, 0.717) is 17.3 Å². The molecule has 1 aliphatic carbocycles. The molecule has 3 rings (SSSR count). The second-order valence-corrected chi connectivity index (χ2v) is 5.07. The van der Waals surface area contributed by atoms with E-state index in [-0.39, 0.29) is 12.5 Å². The zero-order valence-electron chi connectivity index (χ0n) is 11.6. The molecule has 0 unspecified atom stereocenters. The molecule has 1 aliphatic rings. The van der Waals surface area contributed by atoms with Crippen molar-refractivity contribution in [3.05, 3.63) is 35.1 Å². The second-order valence-electron chi connectivity index (χ2n) is 5.07. The first kappa shape index (κ1) is 13.5. The fourth-order valence-electron chi connectivity index (χ4n) is 2.48. The van der Waals surface area contributed by atoms with Crippen molar-refractivity contribution in [2.45, 2.75) is 38.6 Å². The Kier molecular flexibility index (Phi) is 3.81. The average molecular weight is 287 g/mol. The van der Waals surface area contributed by atoms with Crippen molar-refractivity contribution in [3.8, 4) is 0 Å². The lowest BCUT2D eigenvalue weighted by Crippen LogP contribution is -2.25. The first-order valence-electron chi connectivity index (χ1n) is 7.07. The number of nitrogen functional groups attached to an aromatic ring is 1. The predicted octanol–water partition coefficient (Wildman–Crippen LogP) is 1.25. The molecule has 0 saturated carbocycles. The molecule has 0 fully saturated rings. The average Bonchev–Trinajstić information content (AvgIpc) is 2.74. The number of fused-ring (bicyclic) bond motifs is 1. The number of rotatable bonds is 3. The van der Waals surface area contributed by atoms with Gasteiger partial charge >= 0.3 is 0 Å². The first-order valence-corrected chi connectivity index (χ1v) is 7.07. The highest BCUT2D eigenvalue weighted by atomic mass is 16.5. The number of anilines is 1. The standard InChI is InChI=1S/C14H17N5O2/c15-11-6-7-16-12(18-11)8-17-14(20)13-9-4-2-1-3-5-10(9)21-19-13/h6-7H,1-5,8H2,(H,17,20)(H2,15,16,18). The van der Waals surface area contributed by atoms with Gasteiger partial charge in [-0.1, -0.05) is 11.6 Å². The third-order valence-electron chi connectivity index (χ3n) is 3.55. The summed E-state index contributed by atoms with van der Waals surface area (Å²) in [5, 5.41) is 6.67. The fourth-order valence-corrected chi connectivity index (χ4v) is 2.48. The largest absolute Gasteiger partial charge is 0.384 e. The Morgan fingerprint density at radius 2 is 2.19 bits per heavy atom. The monoisotopic (exact) mass is 287 g/mol. The lowest BCUT2D eigenvalue weighted by Gasteiger charge is -2.04.